The smallest absolute Gasteiger partial charge is 0.416 e. The van der Waals surface area contributed by atoms with Crippen LogP contribution in [0.15, 0.2) is 53.5 Å². The molecule has 2 aromatic carbocycles. The van der Waals surface area contributed by atoms with Gasteiger partial charge < -0.3 is 9.64 Å². The molecule has 3 rings (SSSR count). The van der Waals surface area contributed by atoms with Gasteiger partial charge in [-0.25, -0.2) is 0 Å². The van der Waals surface area contributed by atoms with E-state index in [1.807, 2.05) is 31.2 Å². The Morgan fingerprint density at radius 2 is 1.86 bits per heavy atom. The van der Waals surface area contributed by atoms with Crippen molar-refractivity contribution in [1.29, 1.82) is 0 Å². The molecule has 0 heterocycles. The number of benzene rings is 2. The van der Waals surface area contributed by atoms with Crippen LogP contribution < -0.4 is 4.90 Å². The van der Waals surface area contributed by atoms with Crippen molar-refractivity contribution >= 4 is 17.5 Å². The minimum Gasteiger partial charge on any atom is -0.461 e. The van der Waals surface area contributed by atoms with E-state index in [9.17, 15) is 18.0 Å². The molecule has 0 unspecified atom stereocenters. The number of aliphatic imine (C=N–C) groups is 1. The third-order valence-electron chi connectivity index (χ3n) is 6.85. The molecular weight excluding hydrogens is 453 g/mol. The van der Waals surface area contributed by atoms with Gasteiger partial charge in [0.25, 0.3) is 0 Å². The first-order chi connectivity index (χ1) is 16.5. The summed E-state index contributed by atoms with van der Waals surface area (Å²) in [5.41, 5.74) is 1.09. The average Bonchev–Trinajstić information content (AvgIpc) is 2.79. The lowest BCUT2D eigenvalue weighted by molar-refractivity contribution is -0.154. The van der Waals surface area contributed by atoms with E-state index in [0.29, 0.717) is 23.4 Å². The van der Waals surface area contributed by atoms with Crippen LogP contribution in [0.25, 0.3) is 0 Å². The summed E-state index contributed by atoms with van der Waals surface area (Å²) in [7, 11) is 1.52. The molecule has 2 aromatic rings. The maximum atomic E-state index is 13.4. The van der Waals surface area contributed by atoms with Crippen molar-refractivity contribution in [3.8, 4) is 0 Å². The van der Waals surface area contributed by atoms with Crippen LogP contribution in [0, 0.1) is 24.7 Å². The van der Waals surface area contributed by atoms with Crippen molar-refractivity contribution in [2.75, 3.05) is 18.5 Å². The van der Waals surface area contributed by atoms with Crippen molar-refractivity contribution in [3.63, 3.8) is 0 Å². The molecule has 0 N–H and O–H groups in total. The van der Waals surface area contributed by atoms with Crippen molar-refractivity contribution in [2.45, 2.75) is 59.2 Å². The molecule has 7 heteroatoms. The number of esters is 1. The fourth-order valence-corrected chi connectivity index (χ4v) is 4.97. The number of anilines is 1. The normalized spacial score (nSPS) is 21.2. The van der Waals surface area contributed by atoms with Crippen LogP contribution in [0.1, 0.15) is 56.7 Å². The van der Waals surface area contributed by atoms with Crippen LogP contribution >= 0.6 is 0 Å². The molecule has 0 bridgehead atoms. The zero-order valence-electron chi connectivity index (χ0n) is 21.1. The third-order valence-corrected chi connectivity index (χ3v) is 6.85. The van der Waals surface area contributed by atoms with Crippen LogP contribution in [0.5, 0.6) is 0 Å². The van der Waals surface area contributed by atoms with E-state index in [1.165, 1.54) is 13.1 Å². The summed E-state index contributed by atoms with van der Waals surface area (Å²) in [5.74, 6) is 1.04. The first-order valence-corrected chi connectivity index (χ1v) is 12.2. The highest BCUT2D eigenvalue weighted by Gasteiger charge is 2.35. The lowest BCUT2D eigenvalue weighted by Gasteiger charge is -2.37. The number of rotatable bonds is 6. The van der Waals surface area contributed by atoms with Gasteiger partial charge in [0.05, 0.1) is 5.56 Å². The minimum atomic E-state index is -4.48. The number of alkyl halides is 3. The Bertz CT molecular complexity index is 1050. The lowest BCUT2D eigenvalue weighted by Crippen LogP contribution is -2.41. The molecule has 3 atom stereocenters. The quantitative estimate of drug-likeness (QED) is 0.252. The molecule has 0 amide bonds. The molecule has 190 valence electrons. The largest absolute Gasteiger partial charge is 0.461 e. The molecule has 0 aromatic heterocycles. The molecule has 0 spiro atoms. The Morgan fingerprint density at radius 1 is 1.14 bits per heavy atom. The topological polar surface area (TPSA) is 41.9 Å². The molecule has 1 saturated carbocycles. The average molecular weight is 489 g/mol. The summed E-state index contributed by atoms with van der Waals surface area (Å²) in [6.45, 7) is 8.22. The summed E-state index contributed by atoms with van der Waals surface area (Å²) in [5, 5.41) is 0. The molecule has 4 nitrogen and oxygen atoms in total. The second kappa shape index (κ2) is 11.3. The van der Waals surface area contributed by atoms with E-state index in [0.717, 1.165) is 37.0 Å². The van der Waals surface area contributed by atoms with Gasteiger partial charge in [-0.3, -0.25) is 9.79 Å². The summed E-state index contributed by atoms with van der Waals surface area (Å²) in [6, 6.07) is 12.5. The van der Waals surface area contributed by atoms with E-state index in [-0.39, 0.29) is 24.0 Å². The molecule has 1 aliphatic carbocycles. The van der Waals surface area contributed by atoms with E-state index in [1.54, 1.807) is 11.0 Å². The second-order valence-electron chi connectivity index (χ2n) is 9.85. The van der Waals surface area contributed by atoms with Gasteiger partial charge in [0.15, 0.2) is 0 Å². The predicted molar refractivity (Wildman–Crippen MR) is 134 cm³/mol. The number of hydrogen-bond acceptors (Lipinski definition) is 3. The fraction of sp³-hybridized carbons (Fsp3) is 0.500. The van der Waals surface area contributed by atoms with Gasteiger partial charge in [-0.15, -0.1) is 0 Å². The number of nitrogens with zero attached hydrogens (tertiary/aromatic N) is 2. The van der Waals surface area contributed by atoms with Crippen molar-refractivity contribution in [2.24, 2.45) is 22.7 Å². The van der Waals surface area contributed by atoms with Gasteiger partial charge in [0.2, 0.25) is 0 Å². The van der Waals surface area contributed by atoms with E-state index < -0.39 is 17.7 Å². The van der Waals surface area contributed by atoms with Gasteiger partial charge in [0.1, 0.15) is 18.5 Å². The second-order valence-corrected chi connectivity index (χ2v) is 9.85. The van der Waals surface area contributed by atoms with Crippen molar-refractivity contribution in [1.82, 2.24) is 0 Å². The zero-order valence-corrected chi connectivity index (χ0v) is 21.1. The molecule has 0 aliphatic heterocycles. The Balaban J connectivity index is 1.94. The van der Waals surface area contributed by atoms with E-state index in [2.05, 4.69) is 25.8 Å². The third kappa shape index (κ3) is 6.65. The molecular formula is C28H35F3N2O2. The standard InChI is InChI=1S/C28H35F3N2O2/c1-18(2)23-14-13-19(3)15-25(23)35-26(34)17-33(24-12-7-6-9-20(24)4)27(32-5)21-10-8-11-22(16-21)28(29,30)31/h6-12,16,18-19,23,25H,13-15,17H2,1-5H3/t19-,23+,25-/m1/s1. The summed E-state index contributed by atoms with van der Waals surface area (Å²) in [6.07, 6.45) is -1.69. The highest BCUT2D eigenvalue weighted by Crippen LogP contribution is 2.36. The fourth-order valence-electron chi connectivity index (χ4n) is 4.97. The van der Waals surface area contributed by atoms with Crippen LogP contribution in [-0.4, -0.2) is 31.5 Å². The Morgan fingerprint density at radius 3 is 2.49 bits per heavy atom. The van der Waals surface area contributed by atoms with Gasteiger partial charge in [-0.1, -0.05) is 57.5 Å². The van der Waals surface area contributed by atoms with Gasteiger partial charge in [0, 0.05) is 18.3 Å². The number of hydrogen-bond donors (Lipinski definition) is 0. The molecule has 1 fully saturated rings. The maximum Gasteiger partial charge on any atom is 0.416 e. The molecule has 0 radical (unpaired) electrons. The number of para-hydroxylation sites is 1. The number of ether oxygens (including phenoxy) is 1. The van der Waals surface area contributed by atoms with Crippen LogP contribution in [0.2, 0.25) is 0 Å². The summed E-state index contributed by atoms with van der Waals surface area (Å²) >= 11 is 0. The highest BCUT2D eigenvalue weighted by molar-refractivity contribution is 6.12. The Hall–Kier alpha value is -2.83. The zero-order chi connectivity index (χ0) is 25.8. The maximum absolute atomic E-state index is 13.4. The number of amidine groups is 1. The first-order valence-electron chi connectivity index (χ1n) is 12.2. The summed E-state index contributed by atoms with van der Waals surface area (Å²) < 4.78 is 46.2. The van der Waals surface area contributed by atoms with Gasteiger partial charge in [-0.05, 0) is 61.3 Å². The van der Waals surface area contributed by atoms with Crippen molar-refractivity contribution < 1.29 is 22.7 Å². The first kappa shape index (κ1) is 26.8. The Kier molecular flexibility index (Phi) is 8.62. The SMILES string of the molecule is CN=C(c1cccc(C(F)(F)F)c1)N(CC(=O)O[C@@H]1C[C@H](C)CC[C@H]1C(C)C)c1ccccc1C. The monoisotopic (exact) mass is 488 g/mol. The number of aryl methyl sites for hydroxylation is 1. The van der Waals surface area contributed by atoms with E-state index in [4.69, 9.17) is 4.74 Å². The summed E-state index contributed by atoms with van der Waals surface area (Å²) in [4.78, 5) is 19.2. The van der Waals surface area contributed by atoms with Crippen LogP contribution in [0.4, 0.5) is 18.9 Å². The van der Waals surface area contributed by atoms with Gasteiger partial charge >= 0.3 is 12.1 Å². The van der Waals surface area contributed by atoms with Gasteiger partial charge in [-0.2, -0.15) is 13.2 Å². The number of carbonyl (C=O) groups excluding carboxylic acids is 1. The Labute approximate surface area is 206 Å². The minimum absolute atomic E-state index is 0.149. The number of halogens is 3. The van der Waals surface area contributed by atoms with Crippen LogP contribution in [0.3, 0.4) is 0 Å². The lowest BCUT2D eigenvalue weighted by atomic mass is 9.75. The molecule has 35 heavy (non-hydrogen) atoms. The van der Waals surface area contributed by atoms with Crippen LogP contribution in [-0.2, 0) is 15.7 Å². The van der Waals surface area contributed by atoms with E-state index >= 15 is 0 Å². The predicted octanol–water partition coefficient (Wildman–Crippen LogP) is 6.90. The molecule has 1 aliphatic rings. The number of carbonyl (C=O) groups is 1. The van der Waals surface area contributed by atoms with Crippen molar-refractivity contribution in [3.05, 3.63) is 65.2 Å². The molecule has 0 saturated heterocycles. The highest BCUT2D eigenvalue weighted by atomic mass is 19.4.